The molecule has 2 heterocycles. The van der Waals surface area contributed by atoms with Crippen LogP contribution in [-0.2, 0) is 12.8 Å². The lowest BCUT2D eigenvalue weighted by molar-refractivity contribution is 0.354. The van der Waals surface area contributed by atoms with Gasteiger partial charge in [0.15, 0.2) is 11.5 Å². The Bertz CT molecular complexity index is 975. The SMILES string of the molecule is COc1cc(Br)c(CC2=NCCc3c2[nH]c2ccccc32)cc1OC. The Morgan fingerprint density at radius 3 is 2.68 bits per heavy atom. The van der Waals surface area contributed by atoms with E-state index in [1.807, 2.05) is 12.1 Å². The Morgan fingerprint density at radius 1 is 1.12 bits per heavy atom. The van der Waals surface area contributed by atoms with Crippen LogP contribution >= 0.6 is 15.9 Å². The van der Waals surface area contributed by atoms with Crippen molar-refractivity contribution in [2.75, 3.05) is 20.8 Å². The molecular weight excluding hydrogens is 380 g/mol. The number of H-pyrrole nitrogens is 1. The van der Waals surface area contributed by atoms with Gasteiger partial charge in [0.25, 0.3) is 0 Å². The Morgan fingerprint density at radius 2 is 1.88 bits per heavy atom. The van der Waals surface area contributed by atoms with Gasteiger partial charge in [0.05, 0.1) is 25.6 Å². The molecule has 4 rings (SSSR count). The predicted octanol–water partition coefficient (Wildman–Crippen LogP) is 4.54. The third-order valence-electron chi connectivity index (χ3n) is 4.68. The number of ether oxygens (including phenoxy) is 2. The lowest BCUT2D eigenvalue weighted by Gasteiger charge is -2.16. The van der Waals surface area contributed by atoms with Crippen molar-refractivity contribution in [1.29, 1.82) is 0 Å². The number of aliphatic imine (C=N–C) groups is 1. The minimum atomic E-state index is 0.718. The molecule has 0 spiro atoms. The van der Waals surface area contributed by atoms with Crippen LogP contribution in [0.1, 0.15) is 16.8 Å². The van der Waals surface area contributed by atoms with Gasteiger partial charge in [0, 0.05) is 28.3 Å². The summed E-state index contributed by atoms with van der Waals surface area (Å²) in [5, 5.41) is 1.30. The molecule has 0 radical (unpaired) electrons. The van der Waals surface area contributed by atoms with Crippen LogP contribution in [0.15, 0.2) is 45.9 Å². The van der Waals surface area contributed by atoms with Crippen LogP contribution in [0.2, 0.25) is 0 Å². The second-order valence-corrected chi connectivity index (χ2v) is 6.93. The standard InChI is InChI=1S/C20H19BrN2O2/c1-24-18-10-12(15(21)11-19(18)25-2)9-17-20-14(7-8-22-17)13-5-3-4-6-16(13)23-20/h3-6,10-11,23H,7-9H2,1-2H3. The second-order valence-electron chi connectivity index (χ2n) is 6.08. The molecule has 4 nitrogen and oxygen atoms in total. The van der Waals surface area contributed by atoms with E-state index in [0.717, 1.165) is 52.3 Å². The smallest absolute Gasteiger partial charge is 0.161 e. The lowest BCUT2D eigenvalue weighted by Crippen LogP contribution is -2.15. The fraction of sp³-hybridized carbons (Fsp3) is 0.250. The van der Waals surface area contributed by atoms with E-state index < -0.39 is 0 Å². The van der Waals surface area contributed by atoms with Gasteiger partial charge in [-0.1, -0.05) is 34.1 Å². The summed E-state index contributed by atoms with van der Waals surface area (Å²) < 4.78 is 11.8. The molecule has 0 aliphatic carbocycles. The van der Waals surface area contributed by atoms with E-state index >= 15 is 0 Å². The summed E-state index contributed by atoms with van der Waals surface area (Å²) in [5.41, 5.74) is 5.92. The molecule has 1 aliphatic heterocycles. The van der Waals surface area contributed by atoms with Gasteiger partial charge in [-0.15, -0.1) is 0 Å². The van der Waals surface area contributed by atoms with Crippen LogP contribution in [0.4, 0.5) is 0 Å². The largest absolute Gasteiger partial charge is 0.493 e. The zero-order chi connectivity index (χ0) is 17.4. The Hall–Kier alpha value is -2.27. The minimum absolute atomic E-state index is 0.718. The third-order valence-corrected chi connectivity index (χ3v) is 5.42. The number of methoxy groups -OCH3 is 2. The fourth-order valence-electron chi connectivity index (χ4n) is 3.44. The number of nitrogens with one attached hydrogen (secondary N) is 1. The quantitative estimate of drug-likeness (QED) is 0.701. The van der Waals surface area contributed by atoms with Crippen molar-refractivity contribution >= 4 is 32.5 Å². The highest BCUT2D eigenvalue weighted by molar-refractivity contribution is 9.10. The maximum absolute atomic E-state index is 5.45. The topological polar surface area (TPSA) is 46.6 Å². The monoisotopic (exact) mass is 398 g/mol. The third kappa shape index (κ3) is 2.82. The van der Waals surface area contributed by atoms with Crippen LogP contribution in [0, 0.1) is 0 Å². The Kier molecular flexibility index (Phi) is 4.25. The molecule has 2 aromatic carbocycles. The molecule has 0 saturated carbocycles. The number of nitrogens with zero attached hydrogens (tertiary/aromatic N) is 1. The van der Waals surface area contributed by atoms with Crippen molar-refractivity contribution in [1.82, 2.24) is 4.98 Å². The van der Waals surface area contributed by atoms with Gasteiger partial charge in [-0.25, -0.2) is 0 Å². The van der Waals surface area contributed by atoms with Gasteiger partial charge in [0.1, 0.15) is 0 Å². The van der Waals surface area contributed by atoms with Gasteiger partial charge in [-0.3, -0.25) is 4.99 Å². The first-order valence-corrected chi connectivity index (χ1v) is 9.04. The summed E-state index contributed by atoms with van der Waals surface area (Å²) in [6.45, 7) is 0.828. The summed E-state index contributed by atoms with van der Waals surface area (Å²) >= 11 is 3.65. The van der Waals surface area contributed by atoms with Crippen molar-refractivity contribution in [2.45, 2.75) is 12.8 Å². The highest BCUT2D eigenvalue weighted by Gasteiger charge is 2.21. The number of para-hydroxylation sites is 1. The predicted molar refractivity (Wildman–Crippen MR) is 104 cm³/mol. The van der Waals surface area contributed by atoms with Gasteiger partial charge in [-0.2, -0.15) is 0 Å². The molecule has 0 fully saturated rings. The molecular formula is C20H19BrN2O2. The zero-order valence-electron chi connectivity index (χ0n) is 14.2. The van der Waals surface area contributed by atoms with Crippen molar-refractivity contribution in [3.05, 3.63) is 57.7 Å². The fourth-order valence-corrected chi connectivity index (χ4v) is 3.91. The molecule has 5 heteroatoms. The van der Waals surface area contributed by atoms with Crippen molar-refractivity contribution in [2.24, 2.45) is 4.99 Å². The molecule has 1 N–H and O–H groups in total. The van der Waals surface area contributed by atoms with Gasteiger partial charge in [0.2, 0.25) is 0 Å². The first kappa shape index (κ1) is 16.2. The first-order chi connectivity index (χ1) is 12.2. The van der Waals surface area contributed by atoms with E-state index in [1.165, 1.54) is 16.5 Å². The molecule has 1 aliphatic rings. The highest BCUT2D eigenvalue weighted by Crippen LogP contribution is 2.35. The molecule has 3 aromatic rings. The molecule has 0 bridgehead atoms. The molecule has 25 heavy (non-hydrogen) atoms. The summed E-state index contributed by atoms with van der Waals surface area (Å²) in [4.78, 5) is 8.35. The van der Waals surface area contributed by atoms with Crippen molar-refractivity contribution < 1.29 is 9.47 Å². The van der Waals surface area contributed by atoms with E-state index in [9.17, 15) is 0 Å². The van der Waals surface area contributed by atoms with E-state index in [2.05, 4.69) is 45.2 Å². The van der Waals surface area contributed by atoms with Crippen LogP contribution in [-0.4, -0.2) is 31.5 Å². The number of hydrogen-bond acceptors (Lipinski definition) is 3. The maximum Gasteiger partial charge on any atom is 0.161 e. The maximum atomic E-state index is 5.45. The van der Waals surface area contributed by atoms with Crippen LogP contribution in [0.3, 0.4) is 0 Å². The normalized spacial score (nSPS) is 13.5. The molecule has 128 valence electrons. The van der Waals surface area contributed by atoms with E-state index in [-0.39, 0.29) is 0 Å². The van der Waals surface area contributed by atoms with Crippen LogP contribution < -0.4 is 9.47 Å². The highest BCUT2D eigenvalue weighted by atomic mass is 79.9. The molecule has 0 atom stereocenters. The molecule has 0 amide bonds. The molecule has 0 saturated heterocycles. The van der Waals surface area contributed by atoms with Crippen LogP contribution in [0.5, 0.6) is 11.5 Å². The number of aromatic amines is 1. The second kappa shape index (κ2) is 6.56. The number of fused-ring (bicyclic) bond motifs is 3. The average Bonchev–Trinajstić information content (AvgIpc) is 3.03. The summed E-state index contributed by atoms with van der Waals surface area (Å²) in [6, 6.07) is 12.4. The van der Waals surface area contributed by atoms with E-state index in [4.69, 9.17) is 14.5 Å². The van der Waals surface area contributed by atoms with Crippen molar-refractivity contribution in [3.63, 3.8) is 0 Å². The van der Waals surface area contributed by atoms with Crippen LogP contribution in [0.25, 0.3) is 10.9 Å². The Labute approximate surface area is 155 Å². The number of halogens is 1. The van der Waals surface area contributed by atoms with Gasteiger partial charge >= 0.3 is 0 Å². The van der Waals surface area contributed by atoms with Gasteiger partial charge < -0.3 is 14.5 Å². The summed E-state index contributed by atoms with van der Waals surface area (Å²) in [6.07, 6.45) is 1.72. The Balaban J connectivity index is 1.74. The minimum Gasteiger partial charge on any atom is -0.493 e. The lowest BCUT2D eigenvalue weighted by atomic mass is 9.98. The van der Waals surface area contributed by atoms with Gasteiger partial charge in [-0.05, 0) is 35.7 Å². The molecule has 0 unspecified atom stereocenters. The first-order valence-electron chi connectivity index (χ1n) is 8.25. The number of hydrogen-bond donors (Lipinski definition) is 1. The number of aromatic nitrogens is 1. The van der Waals surface area contributed by atoms with E-state index in [0.29, 0.717) is 0 Å². The van der Waals surface area contributed by atoms with Crippen molar-refractivity contribution in [3.8, 4) is 11.5 Å². The number of rotatable bonds is 4. The summed E-state index contributed by atoms with van der Waals surface area (Å²) in [7, 11) is 3.30. The summed E-state index contributed by atoms with van der Waals surface area (Å²) in [5.74, 6) is 1.45. The zero-order valence-corrected chi connectivity index (χ0v) is 15.8. The average molecular weight is 399 g/mol. The number of benzene rings is 2. The van der Waals surface area contributed by atoms with E-state index in [1.54, 1.807) is 14.2 Å². The molecule has 1 aromatic heterocycles.